The number of nitrogens with zero attached hydrogens (tertiary/aromatic N) is 2. The highest BCUT2D eigenvalue weighted by Gasteiger charge is 2.33. The number of rotatable bonds is 7. The lowest BCUT2D eigenvalue weighted by Gasteiger charge is -2.25. The summed E-state index contributed by atoms with van der Waals surface area (Å²) in [5.74, 6) is 0.787. The highest BCUT2D eigenvalue weighted by atomic mass is 35.5. The van der Waals surface area contributed by atoms with Gasteiger partial charge in [0.1, 0.15) is 11.5 Å². The Morgan fingerprint density at radius 1 is 1.22 bits per heavy atom. The number of carbonyl (C=O) groups is 1. The van der Waals surface area contributed by atoms with Crippen LogP contribution in [0.4, 0.5) is 0 Å². The molecule has 2 aromatic carbocycles. The SMILES string of the molecule is CCOc1ccc([C@@H]2C(C(=O)OC(C)C)=C(C)N=c3s/c(=C/c4cc(Cl)ccc4OC)c(=O)n32)cc1. The van der Waals surface area contributed by atoms with E-state index < -0.39 is 12.0 Å². The molecule has 0 saturated heterocycles. The van der Waals surface area contributed by atoms with Crippen LogP contribution in [0.15, 0.2) is 63.5 Å². The van der Waals surface area contributed by atoms with Gasteiger partial charge >= 0.3 is 5.97 Å². The van der Waals surface area contributed by atoms with Crippen LogP contribution in [0.25, 0.3) is 6.08 Å². The van der Waals surface area contributed by atoms with Crippen LogP contribution in [-0.4, -0.2) is 30.4 Å². The van der Waals surface area contributed by atoms with E-state index in [1.54, 1.807) is 56.7 Å². The van der Waals surface area contributed by atoms with E-state index >= 15 is 0 Å². The summed E-state index contributed by atoms with van der Waals surface area (Å²) in [6, 6.07) is 11.9. The molecule has 0 aliphatic carbocycles. The Bertz CT molecular complexity index is 1500. The van der Waals surface area contributed by atoms with Crippen molar-refractivity contribution in [1.29, 1.82) is 0 Å². The average molecular weight is 527 g/mol. The molecule has 3 aromatic rings. The molecule has 2 heterocycles. The van der Waals surface area contributed by atoms with Crippen LogP contribution >= 0.6 is 22.9 Å². The molecule has 9 heteroatoms. The van der Waals surface area contributed by atoms with Crippen LogP contribution in [0.2, 0.25) is 5.02 Å². The van der Waals surface area contributed by atoms with E-state index in [-0.39, 0.29) is 11.7 Å². The quantitative estimate of drug-likeness (QED) is 0.430. The topological polar surface area (TPSA) is 79.1 Å². The molecule has 4 rings (SSSR count). The molecule has 1 atom stereocenters. The highest BCUT2D eigenvalue weighted by molar-refractivity contribution is 7.07. The monoisotopic (exact) mass is 526 g/mol. The van der Waals surface area contributed by atoms with Gasteiger partial charge in [0.15, 0.2) is 4.80 Å². The van der Waals surface area contributed by atoms with Crippen LogP contribution < -0.4 is 24.4 Å². The first-order chi connectivity index (χ1) is 17.2. The highest BCUT2D eigenvalue weighted by Crippen LogP contribution is 2.32. The van der Waals surface area contributed by atoms with Gasteiger partial charge < -0.3 is 14.2 Å². The van der Waals surface area contributed by atoms with E-state index in [0.717, 1.165) is 5.56 Å². The molecule has 0 unspecified atom stereocenters. The van der Waals surface area contributed by atoms with Gasteiger partial charge in [0.2, 0.25) is 0 Å². The van der Waals surface area contributed by atoms with Crippen LogP contribution in [-0.2, 0) is 9.53 Å². The number of fused-ring (bicyclic) bond motifs is 1. The van der Waals surface area contributed by atoms with Gasteiger partial charge in [-0.25, -0.2) is 9.79 Å². The molecule has 7 nitrogen and oxygen atoms in total. The fourth-order valence-corrected chi connectivity index (χ4v) is 5.27. The lowest BCUT2D eigenvalue weighted by atomic mass is 9.96. The average Bonchev–Trinajstić information content (AvgIpc) is 3.13. The second kappa shape index (κ2) is 10.7. The Morgan fingerprint density at radius 2 is 1.94 bits per heavy atom. The Balaban J connectivity index is 1.93. The third kappa shape index (κ3) is 5.10. The zero-order chi connectivity index (χ0) is 26.0. The predicted octanol–water partition coefficient (Wildman–Crippen LogP) is 4.25. The molecule has 1 aliphatic heterocycles. The van der Waals surface area contributed by atoms with E-state index in [0.29, 0.717) is 49.3 Å². The Morgan fingerprint density at radius 3 is 2.58 bits per heavy atom. The third-order valence-electron chi connectivity index (χ3n) is 5.57. The molecule has 1 aromatic heterocycles. The van der Waals surface area contributed by atoms with Crippen LogP contribution in [0.3, 0.4) is 0 Å². The smallest absolute Gasteiger partial charge is 0.338 e. The van der Waals surface area contributed by atoms with Crippen LogP contribution in [0.1, 0.15) is 44.9 Å². The first kappa shape index (κ1) is 25.7. The van der Waals surface area contributed by atoms with Crippen LogP contribution in [0.5, 0.6) is 11.5 Å². The number of thiazole rings is 1. The van der Waals surface area contributed by atoms with Crippen molar-refractivity contribution in [2.45, 2.75) is 39.8 Å². The summed E-state index contributed by atoms with van der Waals surface area (Å²) >= 11 is 7.43. The maximum absolute atomic E-state index is 13.8. The first-order valence-electron chi connectivity index (χ1n) is 11.5. The molecular weight excluding hydrogens is 500 g/mol. The van der Waals surface area contributed by atoms with E-state index in [1.165, 1.54) is 11.3 Å². The van der Waals surface area contributed by atoms with E-state index in [2.05, 4.69) is 4.99 Å². The molecule has 0 radical (unpaired) electrons. The summed E-state index contributed by atoms with van der Waals surface area (Å²) in [5, 5.41) is 0.525. The number of hydrogen-bond donors (Lipinski definition) is 0. The van der Waals surface area contributed by atoms with Crippen molar-refractivity contribution in [3.05, 3.63) is 89.6 Å². The van der Waals surface area contributed by atoms with Crippen molar-refractivity contribution < 1.29 is 19.0 Å². The summed E-state index contributed by atoms with van der Waals surface area (Å²) < 4.78 is 18.5. The van der Waals surface area contributed by atoms with Gasteiger partial charge in [-0.15, -0.1) is 0 Å². The van der Waals surface area contributed by atoms with Gasteiger partial charge in [-0.1, -0.05) is 35.1 Å². The van der Waals surface area contributed by atoms with E-state index in [9.17, 15) is 9.59 Å². The largest absolute Gasteiger partial charge is 0.496 e. The molecule has 0 bridgehead atoms. The Labute approximate surface area is 217 Å². The molecule has 188 valence electrons. The number of halogens is 1. The maximum atomic E-state index is 13.8. The molecule has 36 heavy (non-hydrogen) atoms. The molecule has 0 spiro atoms. The minimum Gasteiger partial charge on any atom is -0.496 e. The number of benzene rings is 2. The first-order valence-corrected chi connectivity index (χ1v) is 12.7. The number of aromatic nitrogens is 1. The fraction of sp³-hybridized carbons (Fsp3) is 0.296. The minimum absolute atomic E-state index is 0.276. The molecule has 0 N–H and O–H groups in total. The summed E-state index contributed by atoms with van der Waals surface area (Å²) in [6.07, 6.45) is 1.41. The zero-order valence-electron chi connectivity index (χ0n) is 20.7. The molecular formula is C27H27ClN2O5S. The number of ether oxygens (including phenoxy) is 3. The lowest BCUT2D eigenvalue weighted by Crippen LogP contribution is -2.40. The van der Waals surface area contributed by atoms with Gasteiger partial charge in [0.05, 0.1) is 41.7 Å². The number of hydrogen-bond acceptors (Lipinski definition) is 7. The number of allylic oxidation sites excluding steroid dienone is 1. The van der Waals surface area contributed by atoms with Crippen molar-refractivity contribution in [2.75, 3.05) is 13.7 Å². The Hall–Kier alpha value is -3.36. The normalized spacial score (nSPS) is 15.5. The summed E-state index contributed by atoms with van der Waals surface area (Å²) in [5.41, 5.74) is 1.97. The zero-order valence-corrected chi connectivity index (χ0v) is 22.3. The van der Waals surface area contributed by atoms with Crippen molar-refractivity contribution in [3.8, 4) is 11.5 Å². The predicted molar refractivity (Wildman–Crippen MR) is 141 cm³/mol. The molecule has 0 amide bonds. The second-order valence-electron chi connectivity index (χ2n) is 8.42. The van der Waals surface area contributed by atoms with E-state index in [4.69, 9.17) is 25.8 Å². The molecule has 0 saturated carbocycles. The van der Waals surface area contributed by atoms with Gasteiger partial charge in [0, 0.05) is 10.6 Å². The van der Waals surface area contributed by atoms with Crippen molar-refractivity contribution in [2.24, 2.45) is 4.99 Å². The van der Waals surface area contributed by atoms with Gasteiger partial charge in [-0.3, -0.25) is 9.36 Å². The number of methoxy groups -OCH3 is 1. The van der Waals surface area contributed by atoms with Crippen molar-refractivity contribution in [3.63, 3.8) is 0 Å². The Kier molecular flexibility index (Phi) is 7.66. The van der Waals surface area contributed by atoms with Gasteiger partial charge in [0.25, 0.3) is 5.56 Å². The second-order valence-corrected chi connectivity index (χ2v) is 9.87. The number of carbonyl (C=O) groups excluding carboxylic acids is 1. The summed E-state index contributed by atoms with van der Waals surface area (Å²) in [7, 11) is 1.56. The number of esters is 1. The summed E-state index contributed by atoms with van der Waals surface area (Å²) in [4.78, 5) is 32.1. The third-order valence-corrected chi connectivity index (χ3v) is 6.79. The van der Waals surface area contributed by atoms with Gasteiger partial charge in [-0.05, 0) is 69.7 Å². The standard InChI is InChI=1S/C27H27ClN2O5S/c1-6-34-20-10-7-17(8-11-20)24-23(26(32)35-15(2)3)16(4)29-27-30(24)25(31)22(36-27)14-18-13-19(28)9-12-21(18)33-5/h7-15,24H,6H2,1-5H3/b22-14+/t24-/m1/s1. The van der Waals surface area contributed by atoms with E-state index in [1.807, 2.05) is 31.2 Å². The molecule has 0 fully saturated rings. The minimum atomic E-state index is -0.702. The van der Waals surface area contributed by atoms with Crippen LogP contribution in [0, 0.1) is 0 Å². The summed E-state index contributed by atoms with van der Waals surface area (Å²) in [6.45, 7) is 7.77. The lowest BCUT2D eigenvalue weighted by molar-refractivity contribution is -0.143. The van der Waals surface area contributed by atoms with Gasteiger partial charge in [-0.2, -0.15) is 0 Å². The van der Waals surface area contributed by atoms with Crippen molar-refractivity contribution in [1.82, 2.24) is 4.57 Å². The fourth-order valence-electron chi connectivity index (χ4n) is 4.05. The molecule has 1 aliphatic rings. The van der Waals surface area contributed by atoms with Crippen molar-refractivity contribution >= 4 is 35.0 Å². The maximum Gasteiger partial charge on any atom is 0.338 e.